The number of hydrogen-bond donors (Lipinski definition) is 1. The van der Waals surface area contributed by atoms with Gasteiger partial charge >= 0.3 is 0 Å². The Morgan fingerprint density at radius 1 is 1.44 bits per heavy atom. The van der Waals surface area contributed by atoms with Crippen molar-refractivity contribution >= 4 is 17.5 Å². The first-order chi connectivity index (χ1) is 8.54. The second-order valence-corrected chi connectivity index (χ2v) is 4.34. The predicted molar refractivity (Wildman–Crippen MR) is 65.7 cm³/mol. The average Bonchev–Trinajstić information content (AvgIpc) is 2.35. The van der Waals surface area contributed by atoms with Gasteiger partial charge in [0.1, 0.15) is 11.9 Å². The summed E-state index contributed by atoms with van der Waals surface area (Å²) in [4.78, 5) is 25.0. The third kappa shape index (κ3) is 2.08. The topological polar surface area (TPSA) is 49.4 Å². The summed E-state index contributed by atoms with van der Waals surface area (Å²) in [5.41, 5.74) is 0.950. The van der Waals surface area contributed by atoms with Gasteiger partial charge in [-0.1, -0.05) is 13.0 Å². The number of benzene rings is 1. The molecule has 4 nitrogen and oxygen atoms in total. The number of anilines is 1. The number of nitrogens with zero attached hydrogens (tertiary/aromatic N) is 1. The van der Waals surface area contributed by atoms with Gasteiger partial charge in [0.25, 0.3) is 0 Å². The van der Waals surface area contributed by atoms with Gasteiger partial charge in [-0.2, -0.15) is 0 Å². The number of amides is 2. The fourth-order valence-corrected chi connectivity index (χ4v) is 2.08. The summed E-state index contributed by atoms with van der Waals surface area (Å²) in [5.74, 6) is -0.788. The van der Waals surface area contributed by atoms with Crippen LogP contribution in [0.15, 0.2) is 18.2 Å². The number of carbonyl (C=O) groups is 2. The minimum absolute atomic E-state index is 0.0369. The molecule has 1 fully saturated rings. The van der Waals surface area contributed by atoms with Crippen molar-refractivity contribution in [2.45, 2.75) is 26.3 Å². The zero-order valence-corrected chi connectivity index (χ0v) is 10.4. The van der Waals surface area contributed by atoms with E-state index in [4.69, 9.17) is 0 Å². The molecule has 0 bridgehead atoms. The first-order valence-corrected chi connectivity index (χ1v) is 5.90. The molecular weight excluding hydrogens is 235 g/mol. The molecule has 1 atom stereocenters. The molecule has 2 rings (SSSR count). The monoisotopic (exact) mass is 250 g/mol. The molecule has 1 N–H and O–H groups in total. The summed E-state index contributed by atoms with van der Waals surface area (Å²) in [6.45, 7) is 3.44. The highest BCUT2D eigenvalue weighted by Crippen LogP contribution is 2.23. The molecule has 1 aliphatic rings. The van der Waals surface area contributed by atoms with Crippen molar-refractivity contribution < 1.29 is 14.0 Å². The van der Waals surface area contributed by atoms with Gasteiger partial charge in [0.2, 0.25) is 11.8 Å². The largest absolute Gasteiger partial charge is 0.345 e. The molecule has 0 saturated carbocycles. The van der Waals surface area contributed by atoms with Gasteiger partial charge in [0.05, 0.1) is 6.54 Å². The lowest BCUT2D eigenvalue weighted by Crippen LogP contribution is -2.58. The lowest BCUT2D eigenvalue weighted by Gasteiger charge is -2.34. The van der Waals surface area contributed by atoms with Crippen LogP contribution in [-0.2, 0) is 9.59 Å². The molecule has 1 aromatic rings. The maximum Gasteiger partial charge on any atom is 0.247 e. The highest BCUT2D eigenvalue weighted by Gasteiger charge is 2.34. The van der Waals surface area contributed by atoms with Gasteiger partial charge in [-0.15, -0.1) is 0 Å². The Kier molecular flexibility index (Phi) is 3.32. The molecule has 1 aromatic carbocycles. The van der Waals surface area contributed by atoms with E-state index >= 15 is 0 Å². The van der Waals surface area contributed by atoms with Crippen molar-refractivity contribution in [1.29, 1.82) is 0 Å². The fourth-order valence-electron chi connectivity index (χ4n) is 2.08. The van der Waals surface area contributed by atoms with E-state index in [2.05, 4.69) is 5.32 Å². The number of halogens is 1. The average molecular weight is 250 g/mol. The van der Waals surface area contributed by atoms with E-state index in [0.29, 0.717) is 17.7 Å². The van der Waals surface area contributed by atoms with Crippen LogP contribution in [0.1, 0.15) is 18.9 Å². The van der Waals surface area contributed by atoms with Gasteiger partial charge in [0.15, 0.2) is 0 Å². The smallest absolute Gasteiger partial charge is 0.247 e. The Balaban J connectivity index is 2.41. The van der Waals surface area contributed by atoms with Crippen LogP contribution < -0.4 is 10.2 Å². The Hall–Kier alpha value is -1.91. The SMILES string of the molecule is CCC1C(=O)NCC(=O)N1c1ccc(C)c(F)c1. The third-order valence-corrected chi connectivity index (χ3v) is 3.12. The standard InChI is InChI=1S/C13H15FN2O2/c1-3-11-13(18)15-7-12(17)16(11)9-5-4-8(2)10(14)6-9/h4-6,11H,3,7H2,1-2H3,(H,15,18). The molecule has 1 aliphatic heterocycles. The van der Waals surface area contributed by atoms with Gasteiger partial charge < -0.3 is 5.32 Å². The lowest BCUT2D eigenvalue weighted by molar-refractivity contribution is -0.131. The minimum Gasteiger partial charge on any atom is -0.345 e. The summed E-state index contributed by atoms with van der Waals surface area (Å²) >= 11 is 0. The Morgan fingerprint density at radius 3 is 2.78 bits per heavy atom. The normalized spacial score (nSPS) is 19.9. The van der Waals surface area contributed by atoms with Crippen LogP contribution in [0.5, 0.6) is 0 Å². The van der Waals surface area contributed by atoms with Crippen LogP contribution in [0.25, 0.3) is 0 Å². The third-order valence-electron chi connectivity index (χ3n) is 3.12. The van der Waals surface area contributed by atoms with Crippen molar-refractivity contribution in [2.24, 2.45) is 0 Å². The first kappa shape index (κ1) is 12.5. The van der Waals surface area contributed by atoms with E-state index in [-0.39, 0.29) is 24.2 Å². The second kappa shape index (κ2) is 4.76. The molecule has 2 amide bonds. The minimum atomic E-state index is -0.562. The molecule has 1 unspecified atom stereocenters. The number of piperazine rings is 1. The number of aryl methyl sites for hydroxylation is 1. The lowest BCUT2D eigenvalue weighted by atomic mass is 10.1. The molecule has 5 heteroatoms. The maximum atomic E-state index is 13.6. The van der Waals surface area contributed by atoms with Crippen LogP contribution >= 0.6 is 0 Å². The summed E-state index contributed by atoms with van der Waals surface area (Å²) in [7, 11) is 0. The zero-order valence-electron chi connectivity index (χ0n) is 10.4. The number of carbonyl (C=O) groups excluding carboxylic acids is 2. The Bertz CT molecular complexity index is 502. The van der Waals surface area contributed by atoms with E-state index in [1.54, 1.807) is 19.1 Å². The van der Waals surface area contributed by atoms with Crippen molar-refractivity contribution in [3.8, 4) is 0 Å². The van der Waals surface area contributed by atoms with E-state index in [1.807, 2.05) is 6.92 Å². The number of hydrogen-bond acceptors (Lipinski definition) is 2. The van der Waals surface area contributed by atoms with Crippen molar-refractivity contribution in [2.75, 3.05) is 11.4 Å². The van der Waals surface area contributed by atoms with Crippen LogP contribution in [0.2, 0.25) is 0 Å². The van der Waals surface area contributed by atoms with Gasteiger partial charge in [0, 0.05) is 5.69 Å². The molecular formula is C13H15FN2O2. The van der Waals surface area contributed by atoms with Gasteiger partial charge in [-0.05, 0) is 31.0 Å². The maximum absolute atomic E-state index is 13.6. The van der Waals surface area contributed by atoms with Gasteiger partial charge in [-0.3, -0.25) is 14.5 Å². The summed E-state index contributed by atoms with van der Waals surface area (Å²) in [6, 6.07) is 4.01. The van der Waals surface area contributed by atoms with E-state index in [1.165, 1.54) is 11.0 Å². The molecule has 1 heterocycles. The van der Waals surface area contributed by atoms with E-state index in [0.717, 1.165) is 0 Å². The van der Waals surface area contributed by atoms with Crippen LogP contribution in [0.4, 0.5) is 10.1 Å². The number of rotatable bonds is 2. The Labute approximate surface area is 105 Å². The molecule has 0 aliphatic carbocycles. The van der Waals surface area contributed by atoms with Crippen LogP contribution in [-0.4, -0.2) is 24.4 Å². The van der Waals surface area contributed by atoms with E-state index in [9.17, 15) is 14.0 Å². The fraction of sp³-hybridized carbons (Fsp3) is 0.385. The zero-order chi connectivity index (χ0) is 13.3. The highest BCUT2D eigenvalue weighted by atomic mass is 19.1. The number of nitrogens with one attached hydrogen (secondary N) is 1. The second-order valence-electron chi connectivity index (χ2n) is 4.34. The van der Waals surface area contributed by atoms with Crippen LogP contribution in [0, 0.1) is 12.7 Å². The predicted octanol–water partition coefficient (Wildman–Crippen LogP) is 1.38. The van der Waals surface area contributed by atoms with Crippen molar-refractivity contribution in [3.63, 3.8) is 0 Å². The molecule has 0 radical (unpaired) electrons. The summed E-state index contributed by atoms with van der Waals surface area (Å²) in [6.07, 6.45) is 0.493. The first-order valence-electron chi connectivity index (χ1n) is 5.90. The van der Waals surface area contributed by atoms with Crippen molar-refractivity contribution in [1.82, 2.24) is 5.32 Å². The van der Waals surface area contributed by atoms with Crippen LogP contribution in [0.3, 0.4) is 0 Å². The quantitative estimate of drug-likeness (QED) is 0.862. The highest BCUT2D eigenvalue weighted by molar-refractivity contribution is 6.06. The molecule has 0 aromatic heterocycles. The summed E-state index contributed by atoms with van der Waals surface area (Å²) < 4.78 is 13.6. The molecule has 96 valence electrons. The summed E-state index contributed by atoms with van der Waals surface area (Å²) in [5, 5.41) is 2.53. The molecule has 18 heavy (non-hydrogen) atoms. The van der Waals surface area contributed by atoms with Gasteiger partial charge in [-0.25, -0.2) is 4.39 Å². The molecule has 1 saturated heterocycles. The Morgan fingerprint density at radius 2 is 2.17 bits per heavy atom. The molecule has 0 spiro atoms. The van der Waals surface area contributed by atoms with E-state index < -0.39 is 6.04 Å². The van der Waals surface area contributed by atoms with Crippen molar-refractivity contribution in [3.05, 3.63) is 29.6 Å².